The van der Waals surface area contributed by atoms with Gasteiger partial charge in [-0.1, -0.05) is 0 Å². The van der Waals surface area contributed by atoms with Gasteiger partial charge in [0.15, 0.2) is 0 Å². The number of aryl methyl sites for hydroxylation is 1. The molecule has 1 unspecified atom stereocenters. The zero-order chi connectivity index (χ0) is 12.5. The quantitative estimate of drug-likeness (QED) is 0.724. The molecular weight excluding hydrogens is 218 g/mol. The van der Waals surface area contributed by atoms with Gasteiger partial charge in [0.05, 0.1) is 24.3 Å². The first-order valence-electron chi connectivity index (χ1n) is 5.98. The van der Waals surface area contributed by atoms with E-state index in [-0.39, 0.29) is 18.4 Å². The molecule has 5 heteroatoms. The fourth-order valence-corrected chi connectivity index (χ4v) is 2.19. The van der Waals surface area contributed by atoms with E-state index in [1.54, 1.807) is 6.20 Å². The maximum absolute atomic E-state index is 12.2. The van der Waals surface area contributed by atoms with Gasteiger partial charge in [-0.15, -0.1) is 0 Å². The minimum atomic E-state index is -0.571. The van der Waals surface area contributed by atoms with Crippen LogP contribution in [-0.4, -0.2) is 33.4 Å². The van der Waals surface area contributed by atoms with Gasteiger partial charge in [-0.3, -0.25) is 9.89 Å². The van der Waals surface area contributed by atoms with Crippen LogP contribution in [0, 0.1) is 0 Å². The van der Waals surface area contributed by atoms with Crippen LogP contribution in [0.25, 0.3) is 0 Å². The van der Waals surface area contributed by atoms with Crippen LogP contribution < -0.4 is 5.32 Å². The van der Waals surface area contributed by atoms with Crippen molar-refractivity contribution in [3.05, 3.63) is 17.5 Å². The topological polar surface area (TPSA) is 78.0 Å². The van der Waals surface area contributed by atoms with E-state index in [1.807, 2.05) is 13.8 Å². The number of aliphatic hydroxyl groups is 1. The Labute approximate surface area is 101 Å². The number of hydrogen-bond acceptors (Lipinski definition) is 3. The molecule has 0 aliphatic heterocycles. The lowest BCUT2D eigenvalue weighted by molar-refractivity contribution is -0.125. The van der Waals surface area contributed by atoms with Crippen molar-refractivity contribution in [1.82, 2.24) is 15.5 Å². The number of carbonyl (C=O) groups excluding carboxylic acids is 1. The summed E-state index contributed by atoms with van der Waals surface area (Å²) in [7, 11) is 0. The van der Waals surface area contributed by atoms with Crippen LogP contribution in [0.4, 0.5) is 0 Å². The van der Waals surface area contributed by atoms with E-state index in [0.717, 1.165) is 30.5 Å². The van der Waals surface area contributed by atoms with E-state index < -0.39 is 5.54 Å². The van der Waals surface area contributed by atoms with E-state index in [0.29, 0.717) is 0 Å². The Morgan fingerprint density at radius 1 is 1.71 bits per heavy atom. The van der Waals surface area contributed by atoms with E-state index in [4.69, 9.17) is 5.11 Å². The van der Waals surface area contributed by atoms with Crippen LogP contribution >= 0.6 is 0 Å². The van der Waals surface area contributed by atoms with Crippen LogP contribution in [0.2, 0.25) is 0 Å². The van der Waals surface area contributed by atoms with E-state index in [9.17, 15) is 4.79 Å². The third-order valence-corrected chi connectivity index (χ3v) is 3.22. The first-order valence-corrected chi connectivity index (χ1v) is 5.98. The summed E-state index contributed by atoms with van der Waals surface area (Å²) in [6.45, 7) is 3.55. The number of aliphatic hydroxyl groups excluding tert-OH is 1. The number of nitrogens with zero attached hydrogens (tertiary/aromatic N) is 1. The van der Waals surface area contributed by atoms with Crippen molar-refractivity contribution in [2.75, 3.05) is 6.61 Å². The predicted octanol–water partition coefficient (Wildman–Crippen LogP) is 0.717. The molecule has 1 amide bonds. The Bertz CT molecular complexity index is 412. The Morgan fingerprint density at radius 2 is 2.47 bits per heavy atom. The van der Waals surface area contributed by atoms with Crippen molar-refractivity contribution in [3.63, 3.8) is 0 Å². The molecule has 1 heterocycles. The van der Waals surface area contributed by atoms with Gasteiger partial charge in [0.1, 0.15) is 0 Å². The molecule has 1 aromatic heterocycles. The number of amides is 1. The second-order valence-electron chi connectivity index (χ2n) is 5.28. The molecule has 0 radical (unpaired) electrons. The zero-order valence-corrected chi connectivity index (χ0v) is 10.3. The number of aromatic nitrogens is 2. The number of hydrogen-bond donors (Lipinski definition) is 3. The van der Waals surface area contributed by atoms with Crippen molar-refractivity contribution < 1.29 is 9.90 Å². The third kappa shape index (κ3) is 2.49. The number of fused-ring (bicyclic) bond motifs is 1. The highest BCUT2D eigenvalue weighted by Gasteiger charge is 2.30. The molecule has 0 bridgehead atoms. The van der Waals surface area contributed by atoms with Gasteiger partial charge in [-0.2, -0.15) is 5.10 Å². The maximum Gasteiger partial charge on any atom is 0.228 e. The lowest BCUT2D eigenvalue weighted by Crippen LogP contribution is -2.48. The molecule has 0 spiro atoms. The summed E-state index contributed by atoms with van der Waals surface area (Å²) in [5.74, 6) is -0.158. The third-order valence-electron chi connectivity index (χ3n) is 3.22. The number of rotatable bonds is 3. The second-order valence-corrected chi connectivity index (χ2v) is 5.28. The van der Waals surface area contributed by atoms with Crippen molar-refractivity contribution in [2.45, 2.75) is 44.6 Å². The second kappa shape index (κ2) is 4.49. The van der Waals surface area contributed by atoms with Gasteiger partial charge in [0.25, 0.3) is 0 Å². The lowest BCUT2D eigenvalue weighted by atomic mass is 9.86. The summed E-state index contributed by atoms with van der Waals surface area (Å²) in [4.78, 5) is 12.2. The summed E-state index contributed by atoms with van der Waals surface area (Å²) in [6, 6.07) is 0. The fraction of sp³-hybridized carbons (Fsp3) is 0.667. The van der Waals surface area contributed by atoms with Crippen LogP contribution in [0.15, 0.2) is 6.20 Å². The monoisotopic (exact) mass is 237 g/mol. The van der Waals surface area contributed by atoms with Gasteiger partial charge < -0.3 is 10.4 Å². The molecule has 94 valence electrons. The Kier molecular flexibility index (Phi) is 3.19. The average Bonchev–Trinajstić information content (AvgIpc) is 2.76. The molecule has 3 N–H and O–H groups in total. The molecule has 0 fully saturated rings. The largest absolute Gasteiger partial charge is 0.394 e. The van der Waals surface area contributed by atoms with Crippen LogP contribution in [0.5, 0.6) is 0 Å². The Hall–Kier alpha value is -1.36. The SMILES string of the molecule is CC(C)(CO)NC(=O)C1CCCc2[nH]ncc21. The van der Waals surface area contributed by atoms with Crippen molar-refractivity contribution in [2.24, 2.45) is 0 Å². The van der Waals surface area contributed by atoms with Crippen molar-refractivity contribution in [3.8, 4) is 0 Å². The molecule has 2 rings (SSSR count). The van der Waals surface area contributed by atoms with Gasteiger partial charge >= 0.3 is 0 Å². The first-order chi connectivity index (χ1) is 8.03. The number of aromatic amines is 1. The lowest BCUT2D eigenvalue weighted by Gasteiger charge is -2.28. The maximum atomic E-state index is 12.2. The molecule has 1 aliphatic rings. The molecule has 17 heavy (non-hydrogen) atoms. The van der Waals surface area contributed by atoms with E-state index >= 15 is 0 Å². The molecule has 5 nitrogen and oxygen atoms in total. The smallest absolute Gasteiger partial charge is 0.228 e. The number of carbonyl (C=O) groups is 1. The molecule has 1 aromatic rings. The zero-order valence-electron chi connectivity index (χ0n) is 10.3. The summed E-state index contributed by atoms with van der Waals surface area (Å²) in [6.07, 6.45) is 4.54. The summed E-state index contributed by atoms with van der Waals surface area (Å²) >= 11 is 0. The van der Waals surface area contributed by atoms with Crippen LogP contribution in [0.3, 0.4) is 0 Å². The van der Waals surface area contributed by atoms with Crippen molar-refractivity contribution >= 4 is 5.91 Å². The summed E-state index contributed by atoms with van der Waals surface area (Å²) in [5, 5.41) is 19.0. The predicted molar refractivity (Wildman–Crippen MR) is 63.6 cm³/mol. The van der Waals surface area contributed by atoms with Gasteiger partial charge in [-0.05, 0) is 33.1 Å². The highest BCUT2D eigenvalue weighted by Crippen LogP contribution is 2.30. The Morgan fingerprint density at radius 3 is 3.18 bits per heavy atom. The first kappa shape index (κ1) is 12.1. The highest BCUT2D eigenvalue weighted by molar-refractivity contribution is 5.84. The minimum absolute atomic E-state index is 0.0219. The minimum Gasteiger partial charge on any atom is -0.394 e. The van der Waals surface area contributed by atoms with Crippen LogP contribution in [0.1, 0.15) is 43.9 Å². The number of H-pyrrole nitrogens is 1. The summed E-state index contributed by atoms with van der Waals surface area (Å²) < 4.78 is 0. The molecule has 0 aromatic carbocycles. The van der Waals surface area contributed by atoms with E-state index in [1.165, 1.54) is 0 Å². The Balaban J connectivity index is 2.12. The van der Waals surface area contributed by atoms with Crippen LogP contribution in [-0.2, 0) is 11.2 Å². The van der Waals surface area contributed by atoms with Gasteiger partial charge in [0, 0.05) is 11.3 Å². The molecule has 1 aliphatic carbocycles. The fourth-order valence-electron chi connectivity index (χ4n) is 2.19. The normalized spacial score (nSPS) is 19.8. The van der Waals surface area contributed by atoms with E-state index in [2.05, 4.69) is 15.5 Å². The number of nitrogens with one attached hydrogen (secondary N) is 2. The van der Waals surface area contributed by atoms with Gasteiger partial charge in [-0.25, -0.2) is 0 Å². The van der Waals surface area contributed by atoms with Crippen molar-refractivity contribution in [1.29, 1.82) is 0 Å². The average molecular weight is 237 g/mol. The molecule has 1 atom stereocenters. The van der Waals surface area contributed by atoms with Gasteiger partial charge in [0.2, 0.25) is 5.91 Å². The standard InChI is InChI=1S/C12H19N3O2/c1-12(2,7-16)14-11(17)8-4-3-5-10-9(8)6-13-15-10/h6,8,16H,3-5,7H2,1-2H3,(H,13,15)(H,14,17). The highest BCUT2D eigenvalue weighted by atomic mass is 16.3. The summed E-state index contributed by atoms with van der Waals surface area (Å²) in [5.41, 5.74) is 1.50. The molecule has 0 saturated heterocycles. The molecule has 0 saturated carbocycles. The molecular formula is C12H19N3O2.